The van der Waals surface area contributed by atoms with Crippen molar-refractivity contribution in [2.45, 2.75) is 10.6 Å². The fourth-order valence-corrected chi connectivity index (χ4v) is 2.88. The molecule has 2 rings (SSSR count). The van der Waals surface area contributed by atoms with Crippen LogP contribution in [0.1, 0.15) is 15.9 Å². The highest BCUT2D eigenvalue weighted by Gasteiger charge is 2.11. The molecule has 0 aliphatic heterocycles. The van der Waals surface area contributed by atoms with Crippen LogP contribution in [0.15, 0.2) is 47.4 Å². The number of amides is 1. The minimum Gasteiger partial charge on any atom is -0.399 e. The molecule has 0 heterocycles. The lowest BCUT2D eigenvalue weighted by Gasteiger charge is -2.06. The summed E-state index contributed by atoms with van der Waals surface area (Å²) in [6.07, 6.45) is 0. The molecule has 2 aromatic rings. The fourth-order valence-electron chi connectivity index (χ4n) is 1.70. The van der Waals surface area contributed by atoms with E-state index in [0.29, 0.717) is 10.6 Å². The van der Waals surface area contributed by atoms with Crippen molar-refractivity contribution >= 4 is 22.4 Å². The summed E-state index contributed by atoms with van der Waals surface area (Å²) in [5, 5.41) is 0. The minimum atomic E-state index is -1.41. The Balaban J connectivity index is 2.22. The molecule has 20 heavy (non-hydrogen) atoms. The van der Waals surface area contributed by atoms with Crippen LogP contribution in [0.5, 0.6) is 0 Å². The molecule has 0 radical (unpaired) electrons. The van der Waals surface area contributed by atoms with Crippen molar-refractivity contribution in [1.82, 2.24) is 0 Å². The van der Waals surface area contributed by atoms with Crippen LogP contribution in [0.25, 0.3) is 0 Å². The Hall–Kier alpha value is -2.21. The molecule has 0 saturated carbocycles. The zero-order valence-corrected chi connectivity index (χ0v) is 11.3. The summed E-state index contributed by atoms with van der Waals surface area (Å²) in [7, 11) is -1.41. The number of rotatable bonds is 4. The number of anilines is 1. The molecule has 0 aromatic heterocycles. The average Bonchev–Trinajstić information content (AvgIpc) is 2.40. The Labute approximate surface area is 118 Å². The highest BCUT2D eigenvalue weighted by atomic mass is 32.2. The first kappa shape index (κ1) is 14.2. The molecule has 1 amide bonds. The minimum absolute atomic E-state index is 0.00826. The van der Waals surface area contributed by atoms with E-state index in [1.165, 1.54) is 12.1 Å². The van der Waals surface area contributed by atoms with E-state index in [-0.39, 0.29) is 16.9 Å². The van der Waals surface area contributed by atoms with Crippen LogP contribution < -0.4 is 11.5 Å². The van der Waals surface area contributed by atoms with E-state index >= 15 is 0 Å². The molecule has 4 N–H and O–H groups in total. The maximum absolute atomic E-state index is 13.8. The van der Waals surface area contributed by atoms with E-state index in [9.17, 15) is 13.4 Å². The maximum Gasteiger partial charge on any atom is 0.248 e. The van der Waals surface area contributed by atoms with Crippen LogP contribution in [0.2, 0.25) is 0 Å². The van der Waals surface area contributed by atoms with Gasteiger partial charge in [-0.05, 0) is 30.3 Å². The number of hydrogen-bond donors (Lipinski definition) is 2. The number of carbonyl (C=O) groups excluding carboxylic acids is 1. The zero-order valence-electron chi connectivity index (χ0n) is 10.5. The third-order valence-electron chi connectivity index (χ3n) is 2.75. The molecule has 0 bridgehead atoms. The Morgan fingerprint density at radius 3 is 2.55 bits per heavy atom. The summed E-state index contributed by atoms with van der Waals surface area (Å²) in [6.45, 7) is 0. The van der Waals surface area contributed by atoms with Crippen molar-refractivity contribution in [3.05, 3.63) is 59.4 Å². The van der Waals surface area contributed by atoms with Gasteiger partial charge in [0.05, 0.1) is 16.6 Å². The molecular formula is C14H13FN2O2S. The van der Waals surface area contributed by atoms with Crippen LogP contribution in [0.4, 0.5) is 10.1 Å². The van der Waals surface area contributed by atoms with Gasteiger partial charge in [0.1, 0.15) is 5.82 Å². The average molecular weight is 292 g/mol. The normalized spacial score (nSPS) is 12.1. The van der Waals surface area contributed by atoms with Crippen molar-refractivity contribution in [3.63, 3.8) is 0 Å². The zero-order chi connectivity index (χ0) is 14.7. The van der Waals surface area contributed by atoms with Gasteiger partial charge in [-0.1, -0.05) is 12.1 Å². The molecule has 4 nitrogen and oxygen atoms in total. The van der Waals surface area contributed by atoms with Gasteiger partial charge in [-0.3, -0.25) is 9.00 Å². The van der Waals surface area contributed by atoms with Crippen molar-refractivity contribution in [1.29, 1.82) is 0 Å². The highest BCUT2D eigenvalue weighted by molar-refractivity contribution is 7.84. The quantitative estimate of drug-likeness (QED) is 0.843. The Bertz CT molecular complexity index is 689. The van der Waals surface area contributed by atoms with Gasteiger partial charge in [-0.25, -0.2) is 4.39 Å². The predicted octanol–water partition coefficient (Wildman–Crippen LogP) is 1.81. The summed E-state index contributed by atoms with van der Waals surface area (Å²) in [6, 6.07) is 10.5. The summed E-state index contributed by atoms with van der Waals surface area (Å²) < 4.78 is 25.9. The van der Waals surface area contributed by atoms with E-state index in [1.807, 2.05) is 0 Å². The Morgan fingerprint density at radius 1 is 1.20 bits per heavy atom. The van der Waals surface area contributed by atoms with E-state index in [4.69, 9.17) is 11.5 Å². The molecule has 0 spiro atoms. The van der Waals surface area contributed by atoms with Gasteiger partial charge in [0.25, 0.3) is 0 Å². The van der Waals surface area contributed by atoms with Crippen LogP contribution >= 0.6 is 0 Å². The molecule has 0 saturated heterocycles. The molecule has 104 valence electrons. The third kappa shape index (κ3) is 3.21. The van der Waals surface area contributed by atoms with Gasteiger partial charge in [0, 0.05) is 21.7 Å². The highest BCUT2D eigenvalue weighted by Crippen LogP contribution is 2.18. The molecule has 6 heteroatoms. The second kappa shape index (κ2) is 5.83. The first-order valence-electron chi connectivity index (χ1n) is 5.79. The largest absolute Gasteiger partial charge is 0.399 e. The number of nitrogen functional groups attached to an aromatic ring is 1. The molecule has 1 atom stereocenters. The van der Waals surface area contributed by atoms with E-state index in [2.05, 4.69) is 0 Å². The predicted molar refractivity (Wildman–Crippen MR) is 75.9 cm³/mol. The number of benzene rings is 2. The number of halogens is 1. The third-order valence-corrected chi connectivity index (χ3v) is 4.10. The van der Waals surface area contributed by atoms with Gasteiger partial charge in [-0.2, -0.15) is 0 Å². The Morgan fingerprint density at radius 2 is 1.95 bits per heavy atom. The summed E-state index contributed by atoms with van der Waals surface area (Å²) in [5.74, 6) is -1.29. The van der Waals surface area contributed by atoms with E-state index < -0.39 is 22.5 Å². The lowest BCUT2D eigenvalue weighted by atomic mass is 10.1. The monoisotopic (exact) mass is 292 g/mol. The van der Waals surface area contributed by atoms with Crippen LogP contribution in [-0.4, -0.2) is 10.1 Å². The Kier molecular flexibility index (Phi) is 4.14. The van der Waals surface area contributed by atoms with Gasteiger partial charge < -0.3 is 11.5 Å². The molecule has 2 aromatic carbocycles. The first-order valence-corrected chi connectivity index (χ1v) is 7.11. The van der Waals surface area contributed by atoms with Crippen LogP contribution in [0, 0.1) is 5.82 Å². The number of carbonyl (C=O) groups is 1. The van der Waals surface area contributed by atoms with Crippen LogP contribution in [0.3, 0.4) is 0 Å². The number of primary amides is 1. The van der Waals surface area contributed by atoms with Crippen molar-refractivity contribution in [3.8, 4) is 0 Å². The lowest BCUT2D eigenvalue weighted by Crippen LogP contribution is -2.11. The van der Waals surface area contributed by atoms with Crippen LogP contribution in [-0.2, 0) is 16.6 Å². The second-order valence-electron chi connectivity index (χ2n) is 4.23. The van der Waals surface area contributed by atoms with Gasteiger partial charge in [-0.15, -0.1) is 0 Å². The van der Waals surface area contributed by atoms with Gasteiger partial charge >= 0.3 is 0 Å². The first-order chi connectivity index (χ1) is 9.47. The summed E-state index contributed by atoms with van der Waals surface area (Å²) in [4.78, 5) is 11.5. The van der Waals surface area contributed by atoms with Crippen molar-refractivity contribution < 1.29 is 13.4 Å². The molecule has 0 aliphatic rings. The van der Waals surface area contributed by atoms with Gasteiger partial charge in [0.15, 0.2) is 0 Å². The lowest BCUT2D eigenvalue weighted by molar-refractivity contribution is 0.1000. The van der Waals surface area contributed by atoms with E-state index in [0.717, 1.165) is 6.07 Å². The molecule has 1 unspecified atom stereocenters. The molecule has 0 aliphatic carbocycles. The SMILES string of the molecule is NC(=O)c1ccc(CS(=O)c2cccc(N)c2)c(F)c1. The summed E-state index contributed by atoms with van der Waals surface area (Å²) in [5.41, 5.74) is 11.5. The van der Waals surface area contributed by atoms with Crippen molar-refractivity contribution in [2.24, 2.45) is 5.73 Å². The number of hydrogen-bond acceptors (Lipinski definition) is 3. The van der Waals surface area contributed by atoms with E-state index in [1.54, 1.807) is 24.3 Å². The second-order valence-corrected chi connectivity index (χ2v) is 5.68. The smallest absolute Gasteiger partial charge is 0.248 e. The molecular weight excluding hydrogens is 279 g/mol. The standard InChI is InChI=1S/C14H13FN2O2S/c15-13-6-9(14(17)18)4-5-10(13)8-20(19)12-3-1-2-11(16)7-12/h1-7H,8,16H2,(H2,17,18). The summed E-state index contributed by atoms with van der Waals surface area (Å²) >= 11 is 0. The molecule has 0 fully saturated rings. The topological polar surface area (TPSA) is 86.2 Å². The van der Waals surface area contributed by atoms with Gasteiger partial charge in [0.2, 0.25) is 5.91 Å². The maximum atomic E-state index is 13.8. The van der Waals surface area contributed by atoms with Crippen molar-refractivity contribution in [2.75, 3.05) is 5.73 Å². The fraction of sp³-hybridized carbons (Fsp3) is 0.0714. The number of nitrogens with two attached hydrogens (primary N) is 2.